The van der Waals surface area contributed by atoms with Crippen molar-refractivity contribution in [3.05, 3.63) is 206 Å². The van der Waals surface area contributed by atoms with Gasteiger partial charge in [-0.2, -0.15) is 0 Å². The smallest absolute Gasteiger partial charge is 0.164 e. The molecule has 0 fully saturated rings. The quantitative estimate of drug-likeness (QED) is 0.169. The molecule has 0 radical (unpaired) electrons. The normalized spacial score (nSPS) is 11.7. The van der Waals surface area contributed by atoms with Crippen molar-refractivity contribution in [2.24, 2.45) is 0 Å². The van der Waals surface area contributed by atoms with Crippen molar-refractivity contribution < 1.29 is 0 Å². The Morgan fingerprint density at radius 3 is 1.72 bits per heavy atom. The van der Waals surface area contributed by atoms with Gasteiger partial charge in [-0.25, -0.2) is 15.0 Å². The molecule has 9 aromatic carbocycles. The molecule has 0 atom stereocenters. The van der Waals surface area contributed by atoms with Gasteiger partial charge < -0.3 is 4.57 Å². The molecule has 12 rings (SSSR count). The minimum Gasteiger partial charge on any atom is -0.309 e. The Morgan fingerprint density at radius 1 is 0.333 bits per heavy atom. The second-order valence-electron chi connectivity index (χ2n) is 15.2. The first-order valence-corrected chi connectivity index (χ1v) is 21.0. The van der Waals surface area contributed by atoms with Crippen molar-refractivity contribution in [2.45, 2.75) is 0 Å². The highest BCUT2D eigenvalue weighted by molar-refractivity contribution is 7.26. The molecule has 0 aliphatic heterocycles. The largest absolute Gasteiger partial charge is 0.309 e. The number of hydrogen-bond acceptors (Lipinski definition) is 4. The molecule has 0 amide bonds. The predicted molar refractivity (Wildman–Crippen MR) is 252 cm³/mol. The van der Waals surface area contributed by atoms with Crippen LogP contribution in [0.5, 0.6) is 0 Å². The molecule has 0 saturated heterocycles. The first-order chi connectivity index (χ1) is 29.7. The van der Waals surface area contributed by atoms with Gasteiger partial charge in [0.2, 0.25) is 0 Å². The fraction of sp³-hybridized carbons (Fsp3) is 0. The molecule has 3 aromatic heterocycles. The Bertz CT molecular complexity index is 3590. The molecular formula is C55H34N4S. The topological polar surface area (TPSA) is 43.6 Å². The van der Waals surface area contributed by atoms with E-state index in [0.717, 1.165) is 33.3 Å². The maximum atomic E-state index is 5.21. The first kappa shape index (κ1) is 34.3. The van der Waals surface area contributed by atoms with Crippen molar-refractivity contribution in [2.75, 3.05) is 0 Å². The van der Waals surface area contributed by atoms with Crippen LogP contribution in [-0.4, -0.2) is 19.5 Å². The fourth-order valence-corrected chi connectivity index (χ4v) is 9.84. The molecule has 12 aromatic rings. The van der Waals surface area contributed by atoms with Crippen LogP contribution in [0.1, 0.15) is 0 Å². The lowest BCUT2D eigenvalue weighted by molar-refractivity contribution is 1.08. The van der Waals surface area contributed by atoms with Crippen LogP contribution in [0.3, 0.4) is 0 Å². The van der Waals surface area contributed by atoms with Gasteiger partial charge in [0, 0.05) is 53.3 Å². The monoisotopic (exact) mass is 782 g/mol. The number of rotatable bonds is 6. The molecule has 0 saturated carbocycles. The maximum Gasteiger partial charge on any atom is 0.164 e. The van der Waals surface area contributed by atoms with Gasteiger partial charge in [-0.05, 0) is 81.6 Å². The van der Waals surface area contributed by atoms with Crippen LogP contribution in [-0.2, 0) is 0 Å². The van der Waals surface area contributed by atoms with E-state index in [1.165, 1.54) is 64.1 Å². The lowest BCUT2D eigenvalue weighted by atomic mass is 9.99. The van der Waals surface area contributed by atoms with Crippen LogP contribution in [0.25, 0.3) is 115 Å². The van der Waals surface area contributed by atoms with Crippen LogP contribution in [0.15, 0.2) is 206 Å². The van der Waals surface area contributed by atoms with E-state index < -0.39 is 0 Å². The van der Waals surface area contributed by atoms with E-state index in [2.05, 4.69) is 187 Å². The van der Waals surface area contributed by atoms with Crippen molar-refractivity contribution in [3.63, 3.8) is 0 Å². The van der Waals surface area contributed by atoms with Crippen LogP contribution in [0.4, 0.5) is 0 Å². The van der Waals surface area contributed by atoms with Gasteiger partial charge in [0.1, 0.15) is 0 Å². The molecule has 280 valence electrons. The van der Waals surface area contributed by atoms with Gasteiger partial charge >= 0.3 is 0 Å². The van der Waals surface area contributed by atoms with E-state index in [-0.39, 0.29) is 0 Å². The van der Waals surface area contributed by atoms with Gasteiger partial charge in [-0.3, -0.25) is 0 Å². The highest BCUT2D eigenvalue weighted by Crippen LogP contribution is 2.42. The molecule has 4 nitrogen and oxygen atoms in total. The third kappa shape index (κ3) is 5.78. The summed E-state index contributed by atoms with van der Waals surface area (Å²) in [6.45, 7) is 0. The van der Waals surface area contributed by atoms with E-state index >= 15 is 0 Å². The zero-order valence-corrected chi connectivity index (χ0v) is 33.1. The van der Waals surface area contributed by atoms with Crippen molar-refractivity contribution in [1.82, 2.24) is 19.5 Å². The van der Waals surface area contributed by atoms with Gasteiger partial charge in [0.15, 0.2) is 17.5 Å². The van der Waals surface area contributed by atoms with E-state index in [1.807, 2.05) is 24.3 Å². The average Bonchev–Trinajstić information content (AvgIpc) is 3.87. The molecule has 0 bridgehead atoms. The lowest BCUT2D eigenvalue weighted by Crippen LogP contribution is -2.00. The summed E-state index contributed by atoms with van der Waals surface area (Å²) in [5, 5.41) is 7.29. The van der Waals surface area contributed by atoms with Crippen molar-refractivity contribution >= 4 is 64.1 Å². The minimum absolute atomic E-state index is 0.645. The number of hydrogen-bond donors (Lipinski definition) is 0. The van der Waals surface area contributed by atoms with Gasteiger partial charge in [0.25, 0.3) is 0 Å². The Kier molecular flexibility index (Phi) is 8.00. The second-order valence-corrected chi connectivity index (χ2v) is 16.3. The summed E-state index contributed by atoms with van der Waals surface area (Å²) in [4.78, 5) is 15.4. The summed E-state index contributed by atoms with van der Waals surface area (Å²) in [5.41, 5.74) is 11.1. The number of aromatic nitrogens is 4. The average molecular weight is 783 g/mol. The summed E-state index contributed by atoms with van der Waals surface area (Å²) in [6.07, 6.45) is 0. The Morgan fingerprint density at radius 2 is 0.917 bits per heavy atom. The fourth-order valence-electron chi connectivity index (χ4n) is 8.72. The molecule has 60 heavy (non-hydrogen) atoms. The Balaban J connectivity index is 0.999. The van der Waals surface area contributed by atoms with Gasteiger partial charge in [-0.1, -0.05) is 158 Å². The summed E-state index contributed by atoms with van der Waals surface area (Å²) in [5.74, 6) is 1.95. The highest BCUT2D eigenvalue weighted by Gasteiger charge is 2.19. The predicted octanol–water partition coefficient (Wildman–Crippen LogP) is 14.8. The standard InChI is InChI=1S/C55H34N4S/c1-3-12-35(13-4-1)37-22-24-39(25-23-37)54-56-53(38-15-5-2-6-16-38)57-55(58-54)45-19-11-21-51-52(45)47-34-42(28-31-50(47)60-51)41-27-30-49-46(33-41)44-18-9-10-20-48(44)59(49)43-29-26-36-14-7-8-17-40(36)32-43/h1-34H. The van der Waals surface area contributed by atoms with E-state index in [4.69, 9.17) is 15.0 Å². The molecule has 5 heteroatoms. The lowest BCUT2D eigenvalue weighted by Gasteiger charge is -2.11. The molecular weight excluding hydrogens is 749 g/mol. The molecule has 3 heterocycles. The third-order valence-electron chi connectivity index (χ3n) is 11.7. The zero-order chi connectivity index (χ0) is 39.6. The molecule has 0 spiro atoms. The third-order valence-corrected chi connectivity index (χ3v) is 12.8. The first-order valence-electron chi connectivity index (χ1n) is 20.2. The van der Waals surface area contributed by atoms with E-state index in [0.29, 0.717) is 17.5 Å². The number of para-hydroxylation sites is 1. The van der Waals surface area contributed by atoms with Gasteiger partial charge in [-0.15, -0.1) is 11.3 Å². The van der Waals surface area contributed by atoms with E-state index in [1.54, 1.807) is 11.3 Å². The van der Waals surface area contributed by atoms with Crippen LogP contribution >= 0.6 is 11.3 Å². The molecule has 0 aliphatic carbocycles. The summed E-state index contributed by atoms with van der Waals surface area (Å²) < 4.78 is 4.82. The number of nitrogens with zero attached hydrogens (tertiary/aromatic N) is 4. The maximum absolute atomic E-state index is 5.21. The van der Waals surface area contributed by atoms with Crippen molar-refractivity contribution in [1.29, 1.82) is 0 Å². The summed E-state index contributed by atoms with van der Waals surface area (Å²) in [6, 6.07) is 73.4. The van der Waals surface area contributed by atoms with Crippen molar-refractivity contribution in [3.8, 4) is 62.1 Å². The highest BCUT2D eigenvalue weighted by atomic mass is 32.1. The van der Waals surface area contributed by atoms with Gasteiger partial charge in [0.05, 0.1) is 11.0 Å². The summed E-state index contributed by atoms with van der Waals surface area (Å²) >= 11 is 1.81. The molecule has 0 N–H and O–H groups in total. The number of fused-ring (bicyclic) bond motifs is 7. The SMILES string of the molecule is c1ccc(-c2ccc(-c3nc(-c4ccccc4)nc(-c4cccc5sc6ccc(-c7ccc8c(c7)c7ccccc7n8-c7ccc8ccccc8c7)cc6c45)n3)cc2)cc1. The molecule has 0 aliphatic rings. The molecule has 0 unspecified atom stereocenters. The number of benzene rings is 9. The van der Waals surface area contributed by atoms with Crippen LogP contribution in [0, 0.1) is 0 Å². The Hall–Kier alpha value is -7.73. The minimum atomic E-state index is 0.645. The number of thiophene rings is 1. The zero-order valence-electron chi connectivity index (χ0n) is 32.3. The second kappa shape index (κ2) is 14.0. The van der Waals surface area contributed by atoms with E-state index in [9.17, 15) is 0 Å². The Labute approximate surface area is 350 Å². The summed E-state index contributed by atoms with van der Waals surface area (Å²) in [7, 11) is 0. The van der Waals surface area contributed by atoms with Crippen LogP contribution in [0.2, 0.25) is 0 Å². The van der Waals surface area contributed by atoms with Crippen LogP contribution < -0.4 is 0 Å².